The number of likely N-dealkylation sites (N-methyl/N-ethyl adjacent to an activating group) is 1. The lowest BCUT2D eigenvalue weighted by Gasteiger charge is -2.06. The Labute approximate surface area is 90.6 Å². The van der Waals surface area contributed by atoms with Gasteiger partial charge in [-0.25, -0.2) is 0 Å². The summed E-state index contributed by atoms with van der Waals surface area (Å²) in [5.74, 6) is 0.393. The van der Waals surface area contributed by atoms with Gasteiger partial charge in [0.1, 0.15) is 5.75 Å². The molecule has 1 aromatic rings. The van der Waals surface area contributed by atoms with Gasteiger partial charge in [0.15, 0.2) is 6.61 Å². The van der Waals surface area contributed by atoms with Crippen molar-refractivity contribution in [2.24, 2.45) is 0 Å². The summed E-state index contributed by atoms with van der Waals surface area (Å²) in [7, 11) is 1.56. The number of nitrogens with two attached hydrogens (primary N) is 1. The number of benzene rings is 1. The molecule has 0 aliphatic carbocycles. The highest BCUT2D eigenvalue weighted by Gasteiger charge is 2.01. The summed E-state index contributed by atoms with van der Waals surface area (Å²) in [6.07, 6.45) is 0. The standard InChI is InChI=1S/C9H11BrN2O2/c1-12-9(13)5-14-8-3-6(10)2-7(11)4-8/h2-4H,5,11H2,1H3,(H,12,13). The second-order valence-corrected chi connectivity index (χ2v) is 3.60. The maximum absolute atomic E-state index is 10.9. The summed E-state index contributed by atoms with van der Waals surface area (Å²) < 4.78 is 6.02. The summed E-state index contributed by atoms with van der Waals surface area (Å²) in [6, 6.07) is 5.17. The molecule has 5 heteroatoms. The van der Waals surface area contributed by atoms with Gasteiger partial charge in [-0.3, -0.25) is 4.79 Å². The molecular formula is C9H11BrN2O2. The number of amides is 1. The predicted molar refractivity (Wildman–Crippen MR) is 58.1 cm³/mol. The zero-order chi connectivity index (χ0) is 10.6. The van der Waals surface area contributed by atoms with Crippen LogP contribution in [0.1, 0.15) is 0 Å². The Morgan fingerprint density at radius 2 is 2.29 bits per heavy atom. The number of rotatable bonds is 3. The van der Waals surface area contributed by atoms with Crippen LogP contribution in [0.5, 0.6) is 5.75 Å². The van der Waals surface area contributed by atoms with Crippen molar-refractivity contribution in [3.05, 3.63) is 22.7 Å². The molecule has 0 saturated carbocycles. The molecule has 0 aliphatic rings. The number of ether oxygens (including phenoxy) is 1. The van der Waals surface area contributed by atoms with E-state index >= 15 is 0 Å². The second-order valence-electron chi connectivity index (χ2n) is 2.68. The van der Waals surface area contributed by atoms with Gasteiger partial charge >= 0.3 is 0 Å². The van der Waals surface area contributed by atoms with Crippen molar-refractivity contribution in [3.8, 4) is 5.75 Å². The largest absolute Gasteiger partial charge is 0.484 e. The number of carbonyl (C=O) groups is 1. The fraction of sp³-hybridized carbons (Fsp3) is 0.222. The van der Waals surface area contributed by atoms with Crippen LogP contribution in [-0.2, 0) is 4.79 Å². The van der Waals surface area contributed by atoms with E-state index in [2.05, 4.69) is 21.2 Å². The van der Waals surface area contributed by atoms with Crippen molar-refractivity contribution in [3.63, 3.8) is 0 Å². The number of nitrogen functional groups attached to an aromatic ring is 1. The Morgan fingerprint density at radius 1 is 1.57 bits per heavy atom. The van der Waals surface area contributed by atoms with Crippen LogP contribution in [0.25, 0.3) is 0 Å². The number of hydrogen-bond acceptors (Lipinski definition) is 3. The van der Waals surface area contributed by atoms with Crippen molar-refractivity contribution in [2.75, 3.05) is 19.4 Å². The number of hydrogen-bond donors (Lipinski definition) is 2. The second kappa shape index (κ2) is 4.85. The van der Waals surface area contributed by atoms with Crippen LogP contribution in [0.4, 0.5) is 5.69 Å². The minimum atomic E-state index is -0.177. The molecule has 0 spiro atoms. The fourth-order valence-corrected chi connectivity index (χ4v) is 1.38. The van der Waals surface area contributed by atoms with Crippen molar-refractivity contribution in [1.29, 1.82) is 0 Å². The minimum absolute atomic E-state index is 0.00755. The first-order valence-corrected chi connectivity index (χ1v) is 4.80. The zero-order valence-corrected chi connectivity index (χ0v) is 9.30. The van der Waals surface area contributed by atoms with Crippen LogP contribution in [0, 0.1) is 0 Å². The number of halogens is 1. The van der Waals surface area contributed by atoms with Crippen LogP contribution in [0.15, 0.2) is 22.7 Å². The van der Waals surface area contributed by atoms with E-state index in [-0.39, 0.29) is 12.5 Å². The summed E-state index contributed by atoms with van der Waals surface area (Å²) in [4.78, 5) is 10.9. The Bertz CT molecular complexity index is 321. The Balaban J connectivity index is 2.63. The van der Waals surface area contributed by atoms with Gasteiger partial charge < -0.3 is 15.8 Å². The topological polar surface area (TPSA) is 64.3 Å². The molecule has 4 nitrogen and oxygen atoms in total. The first-order valence-electron chi connectivity index (χ1n) is 4.01. The average Bonchev–Trinajstić information content (AvgIpc) is 2.12. The number of nitrogens with one attached hydrogen (secondary N) is 1. The van der Waals surface area contributed by atoms with Crippen molar-refractivity contribution < 1.29 is 9.53 Å². The molecule has 0 atom stereocenters. The maximum atomic E-state index is 10.9. The van der Waals surface area contributed by atoms with Crippen molar-refractivity contribution in [2.45, 2.75) is 0 Å². The highest BCUT2D eigenvalue weighted by molar-refractivity contribution is 9.10. The van der Waals surface area contributed by atoms with Gasteiger partial charge in [0, 0.05) is 23.3 Å². The molecule has 14 heavy (non-hydrogen) atoms. The minimum Gasteiger partial charge on any atom is -0.484 e. The van der Waals surface area contributed by atoms with E-state index in [1.165, 1.54) is 0 Å². The number of anilines is 1. The van der Waals surface area contributed by atoms with Gasteiger partial charge in [-0.1, -0.05) is 15.9 Å². The van der Waals surface area contributed by atoms with Crippen LogP contribution in [0.3, 0.4) is 0 Å². The van der Waals surface area contributed by atoms with E-state index in [1.807, 2.05) is 0 Å². The normalized spacial score (nSPS) is 9.57. The molecule has 0 aromatic heterocycles. The third-order valence-corrected chi connectivity index (χ3v) is 2.00. The monoisotopic (exact) mass is 258 g/mol. The van der Waals surface area contributed by atoms with E-state index < -0.39 is 0 Å². The molecule has 0 unspecified atom stereocenters. The first kappa shape index (κ1) is 10.8. The molecule has 76 valence electrons. The number of carbonyl (C=O) groups excluding carboxylic acids is 1. The molecule has 0 heterocycles. The molecule has 1 aromatic carbocycles. The van der Waals surface area contributed by atoms with Crippen LogP contribution in [-0.4, -0.2) is 19.6 Å². The van der Waals surface area contributed by atoms with E-state index in [0.717, 1.165) is 4.47 Å². The summed E-state index contributed by atoms with van der Waals surface area (Å²) >= 11 is 3.28. The van der Waals surface area contributed by atoms with Crippen molar-refractivity contribution in [1.82, 2.24) is 5.32 Å². The van der Waals surface area contributed by atoms with Gasteiger partial charge in [0.05, 0.1) is 0 Å². The Kier molecular flexibility index (Phi) is 3.76. The molecule has 1 rings (SSSR count). The lowest BCUT2D eigenvalue weighted by atomic mass is 10.3. The lowest BCUT2D eigenvalue weighted by molar-refractivity contribution is -0.122. The summed E-state index contributed by atoms with van der Waals surface area (Å²) in [5, 5.41) is 2.46. The van der Waals surface area contributed by atoms with Crippen LogP contribution >= 0.6 is 15.9 Å². The zero-order valence-electron chi connectivity index (χ0n) is 7.71. The highest BCUT2D eigenvalue weighted by Crippen LogP contribution is 2.22. The molecule has 0 saturated heterocycles. The van der Waals surface area contributed by atoms with Crippen LogP contribution < -0.4 is 15.8 Å². The van der Waals surface area contributed by atoms with Crippen molar-refractivity contribution >= 4 is 27.5 Å². The summed E-state index contributed by atoms with van der Waals surface area (Å²) in [5.41, 5.74) is 6.18. The third-order valence-electron chi connectivity index (χ3n) is 1.54. The Morgan fingerprint density at radius 3 is 2.86 bits per heavy atom. The molecule has 0 aliphatic heterocycles. The van der Waals surface area contributed by atoms with E-state index in [9.17, 15) is 4.79 Å². The lowest BCUT2D eigenvalue weighted by Crippen LogP contribution is -2.24. The van der Waals surface area contributed by atoms with Gasteiger partial charge in [-0.2, -0.15) is 0 Å². The van der Waals surface area contributed by atoms with Gasteiger partial charge in [-0.05, 0) is 12.1 Å². The molecule has 0 radical (unpaired) electrons. The van der Waals surface area contributed by atoms with Gasteiger partial charge in [0.25, 0.3) is 5.91 Å². The van der Waals surface area contributed by atoms with E-state index in [1.54, 1.807) is 25.2 Å². The van der Waals surface area contributed by atoms with Gasteiger partial charge in [0.2, 0.25) is 0 Å². The predicted octanol–water partition coefficient (Wildman–Crippen LogP) is 1.16. The quantitative estimate of drug-likeness (QED) is 0.800. The van der Waals surface area contributed by atoms with Gasteiger partial charge in [-0.15, -0.1) is 0 Å². The van der Waals surface area contributed by atoms with E-state index in [4.69, 9.17) is 10.5 Å². The maximum Gasteiger partial charge on any atom is 0.257 e. The van der Waals surface area contributed by atoms with E-state index in [0.29, 0.717) is 11.4 Å². The molecule has 0 bridgehead atoms. The summed E-state index contributed by atoms with van der Waals surface area (Å²) in [6.45, 7) is -0.00755. The fourth-order valence-electron chi connectivity index (χ4n) is 0.889. The SMILES string of the molecule is CNC(=O)COc1cc(N)cc(Br)c1. The Hall–Kier alpha value is -1.23. The van der Waals surface area contributed by atoms with Crippen LogP contribution in [0.2, 0.25) is 0 Å². The smallest absolute Gasteiger partial charge is 0.257 e. The molecule has 1 amide bonds. The molecular weight excluding hydrogens is 248 g/mol. The molecule has 0 fully saturated rings. The first-order chi connectivity index (χ1) is 6.61. The highest BCUT2D eigenvalue weighted by atomic mass is 79.9. The average molecular weight is 259 g/mol. The third kappa shape index (κ3) is 3.26. The molecule has 3 N–H and O–H groups in total.